The summed E-state index contributed by atoms with van der Waals surface area (Å²) >= 11 is 1.50. The van der Waals surface area contributed by atoms with E-state index in [1.807, 2.05) is 13.8 Å². The summed E-state index contributed by atoms with van der Waals surface area (Å²) in [4.78, 5) is 1.93. The van der Waals surface area contributed by atoms with Gasteiger partial charge < -0.3 is 0 Å². The average Bonchev–Trinajstić information content (AvgIpc) is 2.28. The molecule has 0 saturated carbocycles. The maximum atomic E-state index is 11.0. The Kier molecular flexibility index (Phi) is 4.18. The zero-order chi connectivity index (χ0) is 12.3. The molecule has 0 aliphatic heterocycles. The highest BCUT2D eigenvalue weighted by molar-refractivity contribution is 8.06. The van der Waals surface area contributed by atoms with Gasteiger partial charge in [0.25, 0.3) is 10.1 Å². The number of rotatable bonds is 3. The zero-order valence-corrected chi connectivity index (χ0v) is 10.9. The lowest BCUT2D eigenvalue weighted by atomic mass is 10.3. The third-order valence-electron chi connectivity index (χ3n) is 2.01. The molecule has 16 heavy (non-hydrogen) atoms. The third kappa shape index (κ3) is 3.66. The average molecular weight is 258 g/mol. The lowest BCUT2D eigenvalue weighted by molar-refractivity contribution is 0.490. The van der Waals surface area contributed by atoms with Crippen molar-refractivity contribution in [1.82, 2.24) is 0 Å². The Bertz CT molecular complexity index is 493. The van der Waals surface area contributed by atoms with Gasteiger partial charge in [-0.25, -0.2) is 0 Å². The Morgan fingerprint density at radius 3 is 2.62 bits per heavy atom. The molecule has 0 atom stereocenters. The van der Waals surface area contributed by atoms with Crippen LogP contribution in [0, 0.1) is 0 Å². The second-order valence-corrected chi connectivity index (χ2v) is 6.35. The summed E-state index contributed by atoms with van der Waals surface area (Å²) in [5.74, 6) is 0. The Balaban J connectivity index is 3.02. The lowest BCUT2D eigenvalue weighted by Crippen LogP contribution is -2.00. The van der Waals surface area contributed by atoms with Crippen LogP contribution in [0.3, 0.4) is 0 Å². The van der Waals surface area contributed by atoms with Crippen LogP contribution in [-0.2, 0) is 10.1 Å². The maximum Gasteiger partial charge on any atom is 0.290 e. The van der Waals surface area contributed by atoms with E-state index in [1.165, 1.54) is 17.8 Å². The molecule has 0 aromatic heterocycles. The normalized spacial score (nSPS) is 17.1. The van der Waals surface area contributed by atoms with Crippen LogP contribution in [0.2, 0.25) is 0 Å². The molecule has 3 nitrogen and oxygen atoms in total. The minimum absolute atomic E-state index is 0.0177. The van der Waals surface area contributed by atoms with Crippen molar-refractivity contribution in [1.29, 1.82) is 0 Å². The highest BCUT2D eigenvalue weighted by atomic mass is 32.2. The van der Waals surface area contributed by atoms with E-state index in [9.17, 15) is 8.42 Å². The van der Waals surface area contributed by atoms with Gasteiger partial charge in [-0.15, -0.1) is 0 Å². The van der Waals surface area contributed by atoms with Crippen LogP contribution in [0.4, 0.5) is 0 Å². The van der Waals surface area contributed by atoms with Crippen molar-refractivity contribution < 1.29 is 13.0 Å². The first kappa shape index (κ1) is 13.3. The van der Waals surface area contributed by atoms with Crippen LogP contribution in [0.1, 0.15) is 20.3 Å². The molecule has 1 aliphatic carbocycles. The summed E-state index contributed by atoms with van der Waals surface area (Å²) in [5, 5.41) is 0. The monoisotopic (exact) mass is 258 g/mol. The standard InChI is InChI=1S/C11H14O3S2/c1-8(2)15-11-7-6-10(16(12,13)14)5-4-9(11)3/h4-5,7H,1,6H2,2-3H3,(H,12,13,14). The van der Waals surface area contributed by atoms with Crippen molar-refractivity contribution in [3.05, 3.63) is 45.1 Å². The molecule has 0 spiro atoms. The van der Waals surface area contributed by atoms with E-state index in [4.69, 9.17) is 4.55 Å². The first-order valence-corrected chi connectivity index (χ1v) is 6.95. The van der Waals surface area contributed by atoms with Crippen LogP contribution < -0.4 is 0 Å². The van der Waals surface area contributed by atoms with E-state index in [0.29, 0.717) is 0 Å². The summed E-state index contributed by atoms with van der Waals surface area (Å²) < 4.78 is 30.9. The van der Waals surface area contributed by atoms with Gasteiger partial charge in [-0.05, 0) is 30.4 Å². The van der Waals surface area contributed by atoms with Crippen molar-refractivity contribution in [2.24, 2.45) is 0 Å². The number of hydrogen-bond donors (Lipinski definition) is 1. The second-order valence-electron chi connectivity index (χ2n) is 3.53. The molecule has 1 rings (SSSR count). The van der Waals surface area contributed by atoms with E-state index in [1.54, 1.807) is 12.2 Å². The molecule has 0 unspecified atom stereocenters. The molecule has 0 aromatic carbocycles. The molecule has 1 aliphatic rings. The predicted molar refractivity (Wildman–Crippen MR) is 68.5 cm³/mol. The van der Waals surface area contributed by atoms with E-state index >= 15 is 0 Å². The first-order valence-electron chi connectivity index (χ1n) is 4.69. The topological polar surface area (TPSA) is 54.4 Å². The SMILES string of the molecule is C=C(C)SC1=CCC(S(=O)(=O)O)=CC=C1C. The van der Waals surface area contributed by atoms with E-state index in [2.05, 4.69) is 6.58 Å². The predicted octanol–water partition coefficient (Wildman–Crippen LogP) is 3.26. The van der Waals surface area contributed by atoms with Crippen LogP contribution >= 0.6 is 11.8 Å². The van der Waals surface area contributed by atoms with E-state index < -0.39 is 10.1 Å². The smallest absolute Gasteiger partial charge is 0.282 e. The molecule has 0 saturated heterocycles. The van der Waals surface area contributed by atoms with Gasteiger partial charge in [0.2, 0.25) is 0 Å². The minimum Gasteiger partial charge on any atom is -0.282 e. The van der Waals surface area contributed by atoms with Gasteiger partial charge in [0.05, 0.1) is 4.91 Å². The molecule has 0 radical (unpaired) electrons. The van der Waals surface area contributed by atoms with Crippen molar-refractivity contribution in [2.45, 2.75) is 20.3 Å². The third-order valence-corrected chi connectivity index (χ3v) is 4.03. The Labute approximate surface area is 100 Å². The largest absolute Gasteiger partial charge is 0.290 e. The highest BCUT2D eigenvalue weighted by Crippen LogP contribution is 2.32. The molecule has 0 heterocycles. The number of thioether (sulfide) groups is 1. The molecule has 5 heteroatoms. The van der Waals surface area contributed by atoms with Crippen molar-refractivity contribution in [3.63, 3.8) is 0 Å². The zero-order valence-electron chi connectivity index (χ0n) is 9.23. The molecule has 0 bridgehead atoms. The fraction of sp³-hybridized carbons (Fsp3) is 0.273. The van der Waals surface area contributed by atoms with Gasteiger partial charge in [0, 0.05) is 11.3 Å². The van der Waals surface area contributed by atoms with Crippen molar-refractivity contribution in [3.8, 4) is 0 Å². The molecular weight excluding hydrogens is 244 g/mol. The molecule has 1 N–H and O–H groups in total. The summed E-state index contributed by atoms with van der Waals surface area (Å²) in [5.41, 5.74) is 0.964. The van der Waals surface area contributed by atoms with Crippen LogP contribution in [0.25, 0.3) is 0 Å². The summed E-state index contributed by atoms with van der Waals surface area (Å²) in [6, 6.07) is 0. The molecule has 0 aromatic rings. The number of hydrogen-bond acceptors (Lipinski definition) is 3. The number of allylic oxidation sites excluding steroid dienone is 6. The lowest BCUT2D eigenvalue weighted by Gasteiger charge is -2.05. The van der Waals surface area contributed by atoms with E-state index in [0.717, 1.165) is 15.4 Å². The van der Waals surface area contributed by atoms with Crippen molar-refractivity contribution >= 4 is 21.9 Å². The van der Waals surface area contributed by atoms with Gasteiger partial charge in [-0.1, -0.05) is 30.5 Å². The Morgan fingerprint density at radius 1 is 1.50 bits per heavy atom. The minimum atomic E-state index is -4.08. The van der Waals surface area contributed by atoms with Crippen molar-refractivity contribution in [2.75, 3.05) is 0 Å². The van der Waals surface area contributed by atoms with Crippen LogP contribution in [0.15, 0.2) is 45.1 Å². The summed E-state index contributed by atoms with van der Waals surface area (Å²) in [6.45, 7) is 7.58. The summed E-state index contributed by atoms with van der Waals surface area (Å²) in [6.07, 6.45) is 5.13. The molecule has 0 fully saturated rings. The van der Waals surface area contributed by atoms with Crippen LogP contribution in [-0.4, -0.2) is 13.0 Å². The molecule has 88 valence electrons. The Morgan fingerprint density at radius 2 is 2.12 bits per heavy atom. The first-order chi connectivity index (χ1) is 7.30. The maximum absolute atomic E-state index is 11.0. The van der Waals surface area contributed by atoms with Gasteiger partial charge >= 0.3 is 0 Å². The summed E-state index contributed by atoms with van der Waals surface area (Å²) in [7, 11) is -4.08. The molecular formula is C11H14O3S2. The van der Waals surface area contributed by atoms with Gasteiger partial charge in [0.1, 0.15) is 0 Å². The molecule has 0 amide bonds. The second kappa shape index (κ2) is 5.03. The van der Waals surface area contributed by atoms with Crippen LogP contribution in [0.5, 0.6) is 0 Å². The van der Waals surface area contributed by atoms with Gasteiger partial charge in [-0.2, -0.15) is 8.42 Å². The quantitative estimate of drug-likeness (QED) is 0.789. The fourth-order valence-electron chi connectivity index (χ4n) is 1.22. The van der Waals surface area contributed by atoms with E-state index in [-0.39, 0.29) is 11.3 Å². The fourth-order valence-corrected chi connectivity index (χ4v) is 2.53. The highest BCUT2D eigenvalue weighted by Gasteiger charge is 2.14. The Hall–Kier alpha value is -0.780. The van der Waals surface area contributed by atoms with Gasteiger partial charge in [0.15, 0.2) is 0 Å². The van der Waals surface area contributed by atoms with Gasteiger partial charge in [-0.3, -0.25) is 4.55 Å².